The molecule has 0 bridgehead atoms. The van der Waals surface area contributed by atoms with Gasteiger partial charge in [-0.25, -0.2) is 0 Å². The predicted molar refractivity (Wildman–Crippen MR) is 91.7 cm³/mol. The molecular formula is C17H15IN2. The number of benzene rings is 2. The molecule has 3 aromatic rings. The van der Waals surface area contributed by atoms with Crippen LogP contribution in [0.2, 0.25) is 0 Å². The van der Waals surface area contributed by atoms with E-state index >= 15 is 0 Å². The number of para-hydroxylation sites is 1. The number of pyridine rings is 1. The van der Waals surface area contributed by atoms with E-state index in [0.29, 0.717) is 0 Å². The van der Waals surface area contributed by atoms with Gasteiger partial charge < -0.3 is 5.73 Å². The van der Waals surface area contributed by atoms with Crippen LogP contribution in [0.1, 0.15) is 22.7 Å². The van der Waals surface area contributed by atoms with E-state index in [-0.39, 0.29) is 6.04 Å². The number of aryl methyl sites for hydroxylation is 1. The van der Waals surface area contributed by atoms with Crippen LogP contribution in [0.5, 0.6) is 0 Å². The molecule has 0 radical (unpaired) electrons. The maximum atomic E-state index is 6.43. The third kappa shape index (κ3) is 2.43. The number of halogens is 1. The molecule has 0 spiro atoms. The maximum Gasteiger partial charge on any atom is 0.0702 e. The second-order valence-electron chi connectivity index (χ2n) is 4.92. The molecule has 1 aromatic heterocycles. The Balaban J connectivity index is 2.08. The first-order chi connectivity index (χ1) is 9.66. The summed E-state index contributed by atoms with van der Waals surface area (Å²) in [5, 5.41) is 1.13. The van der Waals surface area contributed by atoms with Crippen molar-refractivity contribution < 1.29 is 0 Å². The third-order valence-electron chi connectivity index (χ3n) is 3.53. The number of hydrogen-bond acceptors (Lipinski definition) is 2. The van der Waals surface area contributed by atoms with Gasteiger partial charge in [0.25, 0.3) is 0 Å². The molecule has 0 saturated heterocycles. The summed E-state index contributed by atoms with van der Waals surface area (Å²) < 4.78 is 1.23. The van der Waals surface area contributed by atoms with E-state index in [9.17, 15) is 0 Å². The van der Waals surface area contributed by atoms with Crippen molar-refractivity contribution in [2.24, 2.45) is 5.73 Å². The second kappa shape index (κ2) is 5.50. The minimum Gasteiger partial charge on any atom is -0.320 e. The third-order valence-corrected chi connectivity index (χ3v) is 5.00. The van der Waals surface area contributed by atoms with E-state index in [1.54, 1.807) is 0 Å². The predicted octanol–water partition coefficient (Wildman–Crippen LogP) is 4.20. The number of aromatic nitrogens is 1. The van der Waals surface area contributed by atoms with E-state index in [2.05, 4.69) is 64.8 Å². The largest absolute Gasteiger partial charge is 0.320 e. The van der Waals surface area contributed by atoms with Crippen LogP contribution in [-0.4, -0.2) is 4.98 Å². The molecule has 20 heavy (non-hydrogen) atoms. The monoisotopic (exact) mass is 374 g/mol. The molecule has 2 nitrogen and oxygen atoms in total. The molecule has 3 rings (SSSR count). The Labute approximate surface area is 132 Å². The van der Waals surface area contributed by atoms with Crippen molar-refractivity contribution in [3.05, 3.63) is 75.0 Å². The zero-order valence-electron chi connectivity index (χ0n) is 11.2. The smallest absolute Gasteiger partial charge is 0.0702 e. The van der Waals surface area contributed by atoms with Gasteiger partial charge in [-0.1, -0.05) is 36.4 Å². The number of rotatable bonds is 2. The number of nitrogens with zero attached hydrogens (tertiary/aromatic N) is 1. The Kier molecular flexibility index (Phi) is 3.72. The highest BCUT2D eigenvalue weighted by molar-refractivity contribution is 14.1. The summed E-state index contributed by atoms with van der Waals surface area (Å²) in [7, 11) is 0. The van der Waals surface area contributed by atoms with Gasteiger partial charge in [0.15, 0.2) is 0 Å². The lowest BCUT2D eigenvalue weighted by molar-refractivity contribution is 0.858. The Bertz CT molecular complexity index is 768. The molecule has 1 heterocycles. The summed E-state index contributed by atoms with van der Waals surface area (Å²) in [6.07, 6.45) is 1.88. The first-order valence-corrected chi connectivity index (χ1v) is 7.60. The van der Waals surface area contributed by atoms with Gasteiger partial charge in [0.05, 0.1) is 11.6 Å². The first-order valence-electron chi connectivity index (χ1n) is 6.52. The topological polar surface area (TPSA) is 38.9 Å². The van der Waals surface area contributed by atoms with Crippen molar-refractivity contribution in [2.75, 3.05) is 0 Å². The number of nitrogens with two attached hydrogens (primary N) is 1. The molecular weight excluding hydrogens is 359 g/mol. The van der Waals surface area contributed by atoms with Crippen LogP contribution in [0, 0.1) is 10.5 Å². The molecule has 0 aliphatic heterocycles. The van der Waals surface area contributed by atoms with Gasteiger partial charge in [0, 0.05) is 15.2 Å². The SMILES string of the molecule is Cc1cccc(C(N)c2cnc3ccccc3c2)c1I. The highest BCUT2D eigenvalue weighted by Gasteiger charge is 2.14. The van der Waals surface area contributed by atoms with Gasteiger partial charge in [0.2, 0.25) is 0 Å². The van der Waals surface area contributed by atoms with E-state index in [1.165, 1.54) is 9.13 Å². The van der Waals surface area contributed by atoms with E-state index in [4.69, 9.17) is 5.73 Å². The molecule has 0 fully saturated rings. The second-order valence-corrected chi connectivity index (χ2v) is 6.00. The van der Waals surface area contributed by atoms with E-state index in [0.717, 1.165) is 22.0 Å². The fraction of sp³-hybridized carbons (Fsp3) is 0.118. The summed E-state index contributed by atoms with van der Waals surface area (Å²) in [5.74, 6) is 0. The van der Waals surface area contributed by atoms with Crippen molar-refractivity contribution in [3.8, 4) is 0 Å². The van der Waals surface area contributed by atoms with Crippen LogP contribution in [-0.2, 0) is 0 Å². The van der Waals surface area contributed by atoms with Gasteiger partial charge in [-0.05, 0) is 58.3 Å². The molecule has 1 unspecified atom stereocenters. The lowest BCUT2D eigenvalue weighted by atomic mass is 9.98. The van der Waals surface area contributed by atoms with Crippen molar-refractivity contribution in [1.29, 1.82) is 0 Å². The minimum atomic E-state index is -0.140. The van der Waals surface area contributed by atoms with Gasteiger partial charge >= 0.3 is 0 Å². The normalized spacial score (nSPS) is 12.6. The van der Waals surface area contributed by atoms with Crippen LogP contribution >= 0.6 is 22.6 Å². The first kappa shape index (κ1) is 13.5. The molecule has 100 valence electrons. The number of fused-ring (bicyclic) bond motifs is 1. The molecule has 2 aromatic carbocycles. The lowest BCUT2D eigenvalue weighted by Gasteiger charge is -2.16. The standard InChI is InChI=1S/C17H15IN2/c1-11-5-4-7-14(16(11)18)17(19)13-9-12-6-2-3-8-15(12)20-10-13/h2-10,17H,19H2,1H3. The Morgan fingerprint density at radius 2 is 1.90 bits per heavy atom. The van der Waals surface area contributed by atoms with Crippen LogP contribution in [0.4, 0.5) is 0 Å². The van der Waals surface area contributed by atoms with Gasteiger partial charge in [-0.2, -0.15) is 0 Å². The van der Waals surface area contributed by atoms with E-state index in [1.807, 2.05) is 24.4 Å². The summed E-state index contributed by atoms with van der Waals surface area (Å²) in [6.45, 7) is 2.11. The summed E-state index contributed by atoms with van der Waals surface area (Å²) in [5.41, 5.74) is 10.9. The van der Waals surface area contributed by atoms with E-state index < -0.39 is 0 Å². The zero-order valence-corrected chi connectivity index (χ0v) is 13.3. The van der Waals surface area contributed by atoms with Crippen molar-refractivity contribution in [3.63, 3.8) is 0 Å². The molecule has 0 aliphatic carbocycles. The fourth-order valence-electron chi connectivity index (χ4n) is 2.35. The van der Waals surface area contributed by atoms with Gasteiger partial charge in [-0.15, -0.1) is 0 Å². The molecule has 3 heteroatoms. The van der Waals surface area contributed by atoms with Crippen molar-refractivity contribution >= 4 is 33.5 Å². The van der Waals surface area contributed by atoms with Crippen molar-refractivity contribution in [2.45, 2.75) is 13.0 Å². The molecule has 0 saturated carbocycles. The molecule has 0 aliphatic rings. The summed E-state index contributed by atoms with van der Waals surface area (Å²) in [4.78, 5) is 4.50. The Hall–Kier alpha value is -1.46. The highest BCUT2D eigenvalue weighted by atomic mass is 127. The van der Waals surface area contributed by atoms with Gasteiger partial charge in [0.1, 0.15) is 0 Å². The highest BCUT2D eigenvalue weighted by Crippen LogP contribution is 2.27. The molecule has 0 amide bonds. The van der Waals surface area contributed by atoms with Crippen LogP contribution in [0.3, 0.4) is 0 Å². The zero-order chi connectivity index (χ0) is 14.1. The Morgan fingerprint density at radius 1 is 1.10 bits per heavy atom. The fourth-order valence-corrected chi connectivity index (χ4v) is 3.04. The summed E-state index contributed by atoms with van der Waals surface area (Å²) >= 11 is 2.36. The van der Waals surface area contributed by atoms with Crippen LogP contribution in [0.15, 0.2) is 54.7 Å². The van der Waals surface area contributed by atoms with Gasteiger partial charge in [-0.3, -0.25) is 4.98 Å². The average molecular weight is 374 g/mol. The Morgan fingerprint density at radius 3 is 2.75 bits per heavy atom. The van der Waals surface area contributed by atoms with Crippen LogP contribution in [0.25, 0.3) is 10.9 Å². The lowest BCUT2D eigenvalue weighted by Crippen LogP contribution is -2.14. The van der Waals surface area contributed by atoms with Crippen LogP contribution < -0.4 is 5.73 Å². The molecule has 1 atom stereocenters. The van der Waals surface area contributed by atoms with Crippen molar-refractivity contribution in [1.82, 2.24) is 4.98 Å². The average Bonchev–Trinajstić information content (AvgIpc) is 2.49. The maximum absolute atomic E-state index is 6.43. The number of hydrogen-bond donors (Lipinski definition) is 1. The minimum absolute atomic E-state index is 0.140. The molecule has 2 N–H and O–H groups in total. The quantitative estimate of drug-likeness (QED) is 0.683. The summed E-state index contributed by atoms with van der Waals surface area (Å²) in [6, 6.07) is 16.4.